The molecule has 0 amide bonds. The van der Waals surface area contributed by atoms with Gasteiger partial charge in [0, 0.05) is 19.4 Å². The van der Waals surface area contributed by atoms with Gasteiger partial charge in [-0.05, 0) is 6.42 Å². The maximum absolute atomic E-state index is 10.9. The van der Waals surface area contributed by atoms with Crippen LogP contribution in [0.1, 0.15) is 19.3 Å². The quantitative estimate of drug-likeness (QED) is 0.683. The van der Waals surface area contributed by atoms with E-state index in [1.807, 2.05) is 0 Å². The second-order valence-electron chi connectivity index (χ2n) is 4.42. The van der Waals surface area contributed by atoms with Crippen LogP contribution in [0.2, 0.25) is 0 Å². The molecule has 2 fully saturated rings. The van der Waals surface area contributed by atoms with Crippen LogP contribution in [-0.2, 0) is 28.5 Å². The predicted octanol–water partition coefficient (Wildman–Crippen LogP) is 0.275. The van der Waals surface area contributed by atoms with E-state index < -0.39 is 15.9 Å². The molecule has 0 radical (unpaired) electrons. The maximum Gasteiger partial charge on any atom is 0.264 e. The van der Waals surface area contributed by atoms with Crippen LogP contribution in [0.4, 0.5) is 0 Å². The summed E-state index contributed by atoms with van der Waals surface area (Å²) in [4.78, 5) is 0. The molecule has 0 saturated carbocycles. The van der Waals surface area contributed by atoms with Crippen molar-refractivity contribution < 1.29 is 26.8 Å². The molecule has 0 aromatic carbocycles. The van der Waals surface area contributed by atoms with Gasteiger partial charge in [-0.2, -0.15) is 8.42 Å². The first-order valence-corrected chi connectivity index (χ1v) is 7.55. The fraction of sp³-hybridized carbons (Fsp3) is 1.00. The Balaban J connectivity index is 1.85. The third-order valence-corrected chi connectivity index (χ3v) is 3.42. The zero-order chi connectivity index (χ0) is 12.4. The van der Waals surface area contributed by atoms with Crippen LogP contribution in [0, 0.1) is 0 Å². The molecule has 0 N–H and O–H groups in total. The van der Waals surface area contributed by atoms with E-state index in [2.05, 4.69) is 0 Å². The SMILES string of the molecule is CS(=O)(=O)OCC1COC2(CCCOCC2)O1. The van der Waals surface area contributed by atoms with E-state index in [4.69, 9.17) is 18.4 Å². The van der Waals surface area contributed by atoms with Gasteiger partial charge in [-0.1, -0.05) is 0 Å². The maximum atomic E-state index is 10.9. The third-order valence-electron chi connectivity index (χ3n) is 2.86. The Kier molecular flexibility index (Phi) is 4.04. The fourth-order valence-electron chi connectivity index (χ4n) is 2.06. The number of rotatable bonds is 3. The Morgan fingerprint density at radius 2 is 2.18 bits per heavy atom. The van der Waals surface area contributed by atoms with Gasteiger partial charge in [0.2, 0.25) is 0 Å². The van der Waals surface area contributed by atoms with Crippen LogP contribution >= 0.6 is 0 Å². The molecule has 6 nitrogen and oxygen atoms in total. The lowest BCUT2D eigenvalue weighted by atomic mass is 10.1. The van der Waals surface area contributed by atoms with Gasteiger partial charge in [0.15, 0.2) is 5.79 Å². The van der Waals surface area contributed by atoms with Gasteiger partial charge in [0.05, 0.1) is 26.1 Å². The first kappa shape index (κ1) is 13.2. The van der Waals surface area contributed by atoms with Crippen molar-refractivity contribution in [3.05, 3.63) is 0 Å². The summed E-state index contributed by atoms with van der Waals surface area (Å²) >= 11 is 0. The smallest absolute Gasteiger partial charge is 0.264 e. The zero-order valence-electron chi connectivity index (χ0n) is 9.88. The first-order valence-electron chi connectivity index (χ1n) is 5.73. The lowest BCUT2D eigenvalue weighted by Crippen LogP contribution is -2.32. The minimum absolute atomic E-state index is 0.0153. The molecule has 100 valence electrons. The molecule has 2 atom stereocenters. The molecule has 0 aromatic heterocycles. The topological polar surface area (TPSA) is 71.1 Å². The zero-order valence-corrected chi connectivity index (χ0v) is 10.7. The Hall–Kier alpha value is -0.210. The van der Waals surface area contributed by atoms with E-state index in [0.29, 0.717) is 19.6 Å². The molecule has 2 heterocycles. The average Bonchev–Trinajstić information content (AvgIpc) is 2.48. The van der Waals surface area contributed by atoms with Crippen LogP contribution in [-0.4, -0.2) is 53.0 Å². The summed E-state index contributed by atoms with van der Waals surface area (Å²) in [6.45, 7) is 1.72. The van der Waals surface area contributed by atoms with Crippen molar-refractivity contribution in [1.29, 1.82) is 0 Å². The van der Waals surface area contributed by atoms with E-state index in [-0.39, 0.29) is 12.7 Å². The van der Waals surface area contributed by atoms with Crippen molar-refractivity contribution >= 4 is 10.1 Å². The van der Waals surface area contributed by atoms with E-state index in [9.17, 15) is 8.42 Å². The molecule has 2 unspecified atom stereocenters. The number of hydrogen-bond acceptors (Lipinski definition) is 6. The highest BCUT2D eigenvalue weighted by Gasteiger charge is 2.42. The van der Waals surface area contributed by atoms with Crippen molar-refractivity contribution in [2.75, 3.05) is 32.7 Å². The van der Waals surface area contributed by atoms with Gasteiger partial charge < -0.3 is 14.2 Å². The molecule has 17 heavy (non-hydrogen) atoms. The summed E-state index contributed by atoms with van der Waals surface area (Å²) in [7, 11) is -3.42. The molecule has 0 bridgehead atoms. The molecule has 2 saturated heterocycles. The Morgan fingerprint density at radius 3 is 2.94 bits per heavy atom. The first-order chi connectivity index (χ1) is 7.99. The van der Waals surface area contributed by atoms with Gasteiger partial charge in [-0.3, -0.25) is 4.18 Å². The van der Waals surface area contributed by atoms with Crippen molar-refractivity contribution in [3.63, 3.8) is 0 Å². The van der Waals surface area contributed by atoms with Gasteiger partial charge in [-0.15, -0.1) is 0 Å². The molecule has 0 aliphatic carbocycles. The van der Waals surface area contributed by atoms with Gasteiger partial charge >= 0.3 is 0 Å². The van der Waals surface area contributed by atoms with E-state index in [0.717, 1.165) is 25.7 Å². The van der Waals surface area contributed by atoms with E-state index in [1.165, 1.54) is 0 Å². The molecule has 2 rings (SSSR count). The standard InChI is InChI=1S/C10H18O6S/c1-17(11,12)15-8-9-7-14-10(16-9)3-2-5-13-6-4-10/h9H,2-8H2,1H3. The van der Waals surface area contributed by atoms with Crippen molar-refractivity contribution in [1.82, 2.24) is 0 Å². The molecule has 7 heteroatoms. The van der Waals surface area contributed by atoms with Crippen LogP contribution < -0.4 is 0 Å². The summed E-state index contributed by atoms with van der Waals surface area (Å²) in [5.41, 5.74) is 0. The highest BCUT2D eigenvalue weighted by molar-refractivity contribution is 7.85. The number of ether oxygens (including phenoxy) is 3. The lowest BCUT2D eigenvalue weighted by molar-refractivity contribution is -0.178. The number of hydrogen-bond donors (Lipinski definition) is 0. The normalized spacial score (nSPS) is 35.0. The van der Waals surface area contributed by atoms with Crippen LogP contribution in [0.15, 0.2) is 0 Å². The molecule has 1 spiro atoms. The predicted molar refractivity (Wildman–Crippen MR) is 59.0 cm³/mol. The summed E-state index contributed by atoms with van der Waals surface area (Å²) in [5.74, 6) is -0.595. The van der Waals surface area contributed by atoms with Gasteiger partial charge in [-0.25, -0.2) is 0 Å². The Bertz CT molecular complexity index is 344. The molecular weight excluding hydrogens is 248 g/mol. The highest BCUT2D eigenvalue weighted by Crippen LogP contribution is 2.33. The molecule has 0 aromatic rings. The van der Waals surface area contributed by atoms with Crippen molar-refractivity contribution in [2.45, 2.75) is 31.2 Å². The molecular formula is C10H18O6S. The highest BCUT2D eigenvalue weighted by atomic mass is 32.2. The van der Waals surface area contributed by atoms with Crippen molar-refractivity contribution in [3.8, 4) is 0 Å². The van der Waals surface area contributed by atoms with Crippen molar-refractivity contribution in [2.24, 2.45) is 0 Å². The van der Waals surface area contributed by atoms with E-state index >= 15 is 0 Å². The minimum Gasteiger partial charge on any atom is -0.381 e. The van der Waals surface area contributed by atoms with Gasteiger partial charge in [0.1, 0.15) is 6.10 Å². The summed E-state index contributed by atoms with van der Waals surface area (Å²) in [6.07, 6.45) is 3.06. The summed E-state index contributed by atoms with van der Waals surface area (Å²) in [6, 6.07) is 0. The Labute approximate surface area is 101 Å². The second kappa shape index (κ2) is 5.19. The molecule has 2 aliphatic rings. The average molecular weight is 266 g/mol. The monoisotopic (exact) mass is 266 g/mol. The second-order valence-corrected chi connectivity index (χ2v) is 6.06. The van der Waals surface area contributed by atoms with Gasteiger partial charge in [0.25, 0.3) is 10.1 Å². The lowest BCUT2D eigenvalue weighted by Gasteiger charge is -2.25. The fourth-order valence-corrected chi connectivity index (χ4v) is 2.46. The van der Waals surface area contributed by atoms with Crippen LogP contribution in [0.3, 0.4) is 0 Å². The van der Waals surface area contributed by atoms with Crippen LogP contribution in [0.5, 0.6) is 0 Å². The Morgan fingerprint density at radius 1 is 1.35 bits per heavy atom. The van der Waals surface area contributed by atoms with E-state index in [1.54, 1.807) is 0 Å². The minimum atomic E-state index is -3.42. The summed E-state index contributed by atoms with van der Waals surface area (Å²) < 4.78 is 43.2. The largest absolute Gasteiger partial charge is 0.381 e. The van der Waals surface area contributed by atoms with Crippen LogP contribution in [0.25, 0.3) is 0 Å². The third kappa shape index (κ3) is 3.89. The molecule has 2 aliphatic heterocycles. The summed E-state index contributed by atoms with van der Waals surface area (Å²) in [5, 5.41) is 0.